The van der Waals surface area contributed by atoms with E-state index >= 15 is 0 Å². The van der Waals surface area contributed by atoms with Crippen molar-refractivity contribution in [3.8, 4) is 0 Å². The smallest absolute Gasteiger partial charge is 0.317 e. The molecule has 2 aliphatic rings. The second-order valence-electron chi connectivity index (χ2n) is 6.36. The number of halogens is 9. The van der Waals surface area contributed by atoms with Gasteiger partial charge in [0.15, 0.2) is 0 Å². The van der Waals surface area contributed by atoms with Gasteiger partial charge < -0.3 is 4.74 Å². The lowest BCUT2D eigenvalue weighted by atomic mass is 9.83. The van der Waals surface area contributed by atoms with Gasteiger partial charge in [0.05, 0.1) is 12.2 Å². The molecule has 25 heavy (non-hydrogen) atoms. The average molecular weight is 388 g/mol. The Bertz CT molecular complexity index is 433. The monoisotopic (exact) mass is 388 g/mol. The van der Waals surface area contributed by atoms with Crippen molar-refractivity contribution in [3.63, 3.8) is 0 Å². The molecule has 2 nitrogen and oxygen atoms in total. The maximum absolute atomic E-state index is 14.1. The van der Waals surface area contributed by atoms with E-state index in [1.165, 1.54) is 0 Å². The van der Waals surface area contributed by atoms with Crippen LogP contribution in [-0.2, 0) is 9.47 Å². The molecule has 2 fully saturated rings. The fourth-order valence-corrected chi connectivity index (χ4v) is 3.29. The zero-order valence-electron chi connectivity index (χ0n) is 12.8. The molecule has 11 heteroatoms. The van der Waals surface area contributed by atoms with Crippen molar-refractivity contribution >= 4 is 0 Å². The fraction of sp³-hybridized carbons (Fsp3) is 1.00. The molecule has 0 spiro atoms. The molecule has 5 unspecified atom stereocenters. The summed E-state index contributed by atoms with van der Waals surface area (Å²) in [6.45, 7) is 0. The topological polar surface area (TPSA) is 18.5 Å². The largest absolute Gasteiger partial charge is 0.522 e. The summed E-state index contributed by atoms with van der Waals surface area (Å²) >= 11 is 0. The van der Waals surface area contributed by atoms with E-state index in [9.17, 15) is 39.5 Å². The first-order chi connectivity index (χ1) is 11.4. The maximum Gasteiger partial charge on any atom is 0.522 e. The molecule has 0 aliphatic heterocycles. The Balaban J connectivity index is 1.95. The van der Waals surface area contributed by atoms with Crippen LogP contribution in [0.2, 0.25) is 0 Å². The lowest BCUT2D eigenvalue weighted by Gasteiger charge is -2.39. The first-order valence-electron chi connectivity index (χ1n) is 7.75. The first kappa shape index (κ1) is 20.6. The normalized spacial score (nSPS) is 40.9. The van der Waals surface area contributed by atoms with Gasteiger partial charge in [-0.25, -0.2) is 17.6 Å². The molecule has 0 N–H and O–H groups in total. The zero-order chi connectivity index (χ0) is 19.0. The van der Waals surface area contributed by atoms with Crippen molar-refractivity contribution in [2.75, 3.05) is 0 Å². The Morgan fingerprint density at radius 3 is 1.72 bits per heavy atom. The molecule has 0 bridgehead atoms. The second kappa shape index (κ2) is 7.50. The predicted molar refractivity (Wildman–Crippen MR) is 66.9 cm³/mol. The van der Waals surface area contributed by atoms with Gasteiger partial charge in [-0.3, -0.25) is 4.74 Å². The van der Waals surface area contributed by atoms with E-state index in [4.69, 9.17) is 0 Å². The number of rotatable bonds is 4. The van der Waals surface area contributed by atoms with Gasteiger partial charge in [-0.05, 0) is 12.8 Å². The molecule has 0 amide bonds. The minimum Gasteiger partial charge on any atom is -0.317 e. The predicted octanol–water partition coefficient (Wildman–Crippen LogP) is 4.82. The molecule has 2 rings (SSSR count). The van der Waals surface area contributed by atoms with Crippen LogP contribution < -0.4 is 0 Å². The van der Waals surface area contributed by atoms with Crippen LogP contribution in [0.15, 0.2) is 0 Å². The maximum atomic E-state index is 14.1. The molecule has 0 aromatic rings. The van der Waals surface area contributed by atoms with E-state index in [0.29, 0.717) is 0 Å². The summed E-state index contributed by atoms with van der Waals surface area (Å²) < 4.78 is 126. The Kier molecular flexibility index (Phi) is 6.18. The van der Waals surface area contributed by atoms with Gasteiger partial charge in [-0.2, -0.15) is 8.78 Å². The molecule has 0 heterocycles. The third-order valence-corrected chi connectivity index (χ3v) is 4.40. The quantitative estimate of drug-likeness (QED) is 0.644. The van der Waals surface area contributed by atoms with E-state index < -0.39 is 87.4 Å². The van der Waals surface area contributed by atoms with E-state index in [1.807, 2.05) is 0 Å². The van der Waals surface area contributed by atoms with Gasteiger partial charge in [-0.15, -0.1) is 13.2 Å². The van der Waals surface area contributed by atoms with Crippen molar-refractivity contribution in [2.24, 2.45) is 5.92 Å². The van der Waals surface area contributed by atoms with Crippen molar-refractivity contribution in [1.82, 2.24) is 0 Å². The summed E-state index contributed by atoms with van der Waals surface area (Å²) in [5.41, 5.74) is 0. The molecule has 0 aromatic heterocycles. The molecular formula is C14H17F9O2. The highest BCUT2D eigenvalue weighted by Gasteiger charge is 2.56. The van der Waals surface area contributed by atoms with Crippen LogP contribution >= 0.6 is 0 Å². The van der Waals surface area contributed by atoms with Crippen molar-refractivity contribution in [2.45, 2.75) is 81.5 Å². The SMILES string of the molecule is FC1CC(F)C(C(F)(F)OC2CCC(OC(F)(F)F)C(F)C2)C(F)C1. The van der Waals surface area contributed by atoms with Gasteiger partial charge in [0.1, 0.15) is 30.6 Å². The van der Waals surface area contributed by atoms with Crippen LogP contribution in [0.5, 0.6) is 0 Å². The van der Waals surface area contributed by atoms with Gasteiger partial charge in [0.25, 0.3) is 0 Å². The minimum absolute atomic E-state index is 0.400. The van der Waals surface area contributed by atoms with Crippen LogP contribution in [0.25, 0.3) is 0 Å². The van der Waals surface area contributed by atoms with Crippen LogP contribution in [0.4, 0.5) is 39.5 Å². The van der Waals surface area contributed by atoms with Gasteiger partial charge in [0, 0.05) is 19.3 Å². The summed E-state index contributed by atoms with van der Waals surface area (Å²) in [4.78, 5) is 0. The second-order valence-corrected chi connectivity index (χ2v) is 6.36. The van der Waals surface area contributed by atoms with Gasteiger partial charge in [-0.1, -0.05) is 0 Å². The van der Waals surface area contributed by atoms with Gasteiger partial charge >= 0.3 is 12.5 Å². The van der Waals surface area contributed by atoms with E-state index in [2.05, 4.69) is 9.47 Å². The summed E-state index contributed by atoms with van der Waals surface area (Å²) in [7, 11) is 0. The molecule has 0 radical (unpaired) electrons. The number of alkyl halides is 9. The number of hydrogen-bond acceptors (Lipinski definition) is 2. The molecule has 0 aromatic carbocycles. The standard InChI is InChI=1S/C14H17F9O2/c15-6-3-9(17)12(10(18)4-6)13(19,20)24-7-1-2-11(8(16)5-7)25-14(21,22)23/h6-12H,1-5H2. The minimum atomic E-state index is -5.07. The number of hydrogen-bond donors (Lipinski definition) is 0. The average Bonchev–Trinajstić information content (AvgIpc) is 2.38. The molecule has 2 aliphatic carbocycles. The van der Waals surface area contributed by atoms with E-state index in [0.717, 1.165) is 0 Å². The summed E-state index contributed by atoms with van der Waals surface area (Å²) in [5.74, 6) is -2.54. The Labute approximate surface area is 137 Å². The highest BCUT2D eigenvalue weighted by molar-refractivity contribution is 4.92. The number of ether oxygens (including phenoxy) is 2. The Hall–Kier alpha value is -0.710. The summed E-state index contributed by atoms with van der Waals surface area (Å²) in [6.07, 6.45) is -25.4. The van der Waals surface area contributed by atoms with Crippen LogP contribution in [0, 0.1) is 5.92 Å². The molecule has 148 valence electrons. The fourth-order valence-electron chi connectivity index (χ4n) is 3.29. The third-order valence-electron chi connectivity index (χ3n) is 4.40. The molecule has 2 saturated carbocycles. The first-order valence-corrected chi connectivity index (χ1v) is 7.75. The molecule has 5 atom stereocenters. The lowest BCUT2D eigenvalue weighted by Crippen LogP contribution is -2.51. The summed E-state index contributed by atoms with van der Waals surface area (Å²) in [6, 6.07) is 0. The summed E-state index contributed by atoms with van der Waals surface area (Å²) in [5, 5.41) is 0. The van der Waals surface area contributed by atoms with Crippen LogP contribution in [0.1, 0.15) is 32.1 Å². The van der Waals surface area contributed by atoms with E-state index in [-0.39, 0.29) is 0 Å². The van der Waals surface area contributed by atoms with Crippen molar-refractivity contribution < 1.29 is 49.0 Å². The van der Waals surface area contributed by atoms with Crippen molar-refractivity contribution in [1.29, 1.82) is 0 Å². The van der Waals surface area contributed by atoms with Crippen molar-refractivity contribution in [3.05, 3.63) is 0 Å². The highest BCUT2D eigenvalue weighted by Crippen LogP contribution is 2.44. The van der Waals surface area contributed by atoms with Crippen LogP contribution in [-0.4, -0.2) is 49.4 Å². The zero-order valence-corrected chi connectivity index (χ0v) is 12.8. The lowest BCUT2D eigenvalue weighted by molar-refractivity contribution is -0.359. The Morgan fingerprint density at radius 2 is 1.24 bits per heavy atom. The van der Waals surface area contributed by atoms with Crippen LogP contribution in [0.3, 0.4) is 0 Å². The van der Waals surface area contributed by atoms with E-state index in [1.54, 1.807) is 0 Å². The van der Waals surface area contributed by atoms with Gasteiger partial charge in [0.2, 0.25) is 0 Å². The highest BCUT2D eigenvalue weighted by atomic mass is 19.4. The molecule has 0 saturated heterocycles. The third kappa shape index (κ3) is 5.38. The Morgan fingerprint density at radius 1 is 0.680 bits per heavy atom. The molecular weight excluding hydrogens is 371 g/mol.